The van der Waals surface area contributed by atoms with E-state index in [0.717, 1.165) is 18.2 Å². The van der Waals surface area contributed by atoms with Gasteiger partial charge in [0, 0.05) is 18.5 Å². The van der Waals surface area contributed by atoms with Crippen LogP contribution in [0.15, 0.2) is 11.6 Å². The largest absolute Gasteiger partial charge is 0.463 e. The Morgan fingerprint density at radius 1 is 1.50 bits per heavy atom. The molecule has 0 aromatic carbocycles. The summed E-state index contributed by atoms with van der Waals surface area (Å²) < 4.78 is 34.5. The third-order valence-corrected chi connectivity index (χ3v) is 3.65. The summed E-state index contributed by atoms with van der Waals surface area (Å²) in [6, 6.07) is -1.73. The molecule has 0 spiro atoms. The molecule has 0 bridgehead atoms. The summed E-state index contributed by atoms with van der Waals surface area (Å²) in [6.07, 6.45) is 2.21. The molecule has 3 N–H and O–H groups in total. The number of nitrogens with one attached hydrogen (secondary N) is 1. The second-order valence-corrected chi connectivity index (χ2v) is 5.36. The van der Waals surface area contributed by atoms with Gasteiger partial charge in [-0.1, -0.05) is 13.8 Å². The Labute approximate surface area is 136 Å². The van der Waals surface area contributed by atoms with E-state index in [2.05, 4.69) is 0 Å². The fourth-order valence-corrected chi connectivity index (χ4v) is 2.50. The van der Waals surface area contributed by atoms with Crippen LogP contribution in [0.1, 0.15) is 47.0 Å². The van der Waals surface area contributed by atoms with Crippen molar-refractivity contribution in [3.8, 4) is 0 Å². The molecule has 22 heavy (non-hydrogen) atoms. The van der Waals surface area contributed by atoms with E-state index in [1.165, 1.54) is 6.92 Å². The molecule has 3 atom stereocenters. The fraction of sp³-hybridized carbons (Fsp3) is 0.750. The lowest BCUT2D eigenvalue weighted by Gasteiger charge is -2.36. The van der Waals surface area contributed by atoms with Crippen molar-refractivity contribution in [2.24, 2.45) is 5.72 Å². The molecular formula is C16H28N2O4. The lowest BCUT2D eigenvalue weighted by atomic mass is 9.88. The SMILES string of the molecule is [2H]N([2H])[C@H]1CC(C(=O)OCC)=C[C@@H](OC(CC)CC)[C@@H]1N([2H])C(C)=O. The molecule has 0 aromatic rings. The van der Waals surface area contributed by atoms with Crippen molar-refractivity contribution in [2.45, 2.75) is 71.2 Å². The first-order valence-electron chi connectivity index (χ1n) is 9.19. The number of carbonyl (C=O) groups is 2. The first-order valence-corrected chi connectivity index (χ1v) is 7.85. The van der Waals surface area contributed by atoms with Crippen LogP contribution in [-0.2, 0) is 19.1 Å². The van der Waals surface area contributed by atoms with E-state index in [0.29, 0.717) is 11.3 Å². The van der Waals surface area contributed by atoms with Gasteiger partial charge in [-0.25, -0.2) is 4.79 Å². The number of amides is 1. The van der Waals surface area contributed by atoms with Gasteiger partial charge in [0.05, 0.1) is 24.9 Å². The summed E-state index contributed by atoms with van der Waals surface area (Å²) >= 11 is 0. The molecule has 1 aliphatic rings. The van der Waals surface area contributed by atoms with Crippen molar-refractivity contribution in [1.29, 1.82) is 0 Å². The summed E-state index contributed by atoms with van der Waals surface area (Å²) in [5.74, 6) is -1.03. The summed E-state index contributed by atoms with van der Waals surface area (Å²) in [4.78, 5) is 23.9. The quantitative estimate of drug-likeness (QED) is 0.659. The minimum Gasteiger partial charge on any atom is -0.463 e. The number of ether oxygens (including phenoxy) is 2. The van der Waals surface area contributed by atoms with Gasteiger partial charge in [-0.15, -0.1) is 0 Å². The van der Waals surface area contributed by atoms with Crippen molar-refractivity contribution in [3.63, 3.8) is 0 Å². The summed E-state index contributed by atoms with van der Waals surface area (Å²) in [5.41, 5.74) is 0.741. The molecule has 0 saturated heterocycles. The number of hydrogen-bond donors (Lipinski definition) is 2. The van der Waals surface area contributed by atoms with Crippen molar-refractivity contribution in [3.05, 3.63) is 11.6 Å². The maximum absolute atomic E-state index is 12.1. The maximum atomic E-state index is 12.1. The molecule has 0 unspecified atom stereocenters. The zero-order chi connectivity index (χ0) is 19.1. The monoisotopic (exact) mass is 315 g/mol. The Morgan fingerprint density at radius 2 is 2.18 bits per heavy atom. The zero-order valence-corrected chi connectivity index (χ0v) is 13.7. The van der Waals surface area contributed by atoms with E-state index in [-0.39, 0.29) is 19.1 Å². The maximum Gasteiger partial charge on any atom is 0.333 e. The van der Waals surface area contributed by atoms with Gasteiger partial charge >= 0.3 is 5.97 Å². The van der Waals surface area contributed by atoms with Crippen LogP contribution in [0.25, 0.3) is 0 Å². The minimum absolute atomic E-state index is 0.0436. The van der Waals surface area contributed by atoms with Crippen LogP contribution in [0.5, 0.6) is 0 Å². The number of nitrogens with two attached hydrogens (primary N) is 1. The molecule has 1 aliphatic carbocycles. The van der Waals surface area contributed by atoms with E-state index in [4.69, 9.17) is 13.7 Å². The molecule has 0 aromatic heterocycles. The second-order valence-electron chi connectivity index (χ2n) is 5.36. The van der Waals surface area contributed by atoms with E-state index in [1.807, 2.05) is 13.8 Å². The molecule has 0 saturated carbocycles. The minimum atomic E-state index is -0.870. The van der Waals surface area contributed by atoms with Gasteiger partial charge in [0.15, 0.2) is 1.41 Å². The van der Waals surface area contributed by atoms with E-state index in [1.54, 1.807) is 13.0 Å². The van der Waals surface area contributed by atoms with Crippen LogP contribution in [-0.4, -0.2) is 42.8 Å². The Morgan fingerprint density at radius 3 is 2.68 bits per heavy atom. The zero-order valence-electron chi connectivity index (χ0n) is 16.7. The van der Waals surface area contributed by atoms with Gasteiger partial charge in [-0.2, -0.15) is 0 Å². The van der Waals surface area contributed by atoms with Gasteiger partial charge in [0.25, 0.3) is 0 Å². The van der Waals surface area contributed by atoms with Crippen molar-refractivity contribution >= 4 is 11.9 Å². The average molecular weight is 315 g/mol. The Balaban J connectivity index is 3.26. The second kappa shape index (κ2) is 8.90. The van der Waals surface area contributed by atoms with Crippen molar-refractivity contribution < 1.29 is 23.3 Å². The highest BCUT2D eigenvalue weighted by molar-refractivity contribution is 5.89. The van der Waals surface area contributed by atoms with E-state index < -0.39 is 30.1 Å². The van der Waals surface area contributed by atoms with Crippen LogP contribution in [0.3, 0.4) is 0 Å². The van der Waals surface area contributed by atoms with Gasteiger partial charge in [0.1, 0.15) is 2.82 Å². The predicted octanol–water partition coefficient (Wildman–Crippen LogP) is 1.29. The molecule has 0 aliphatic heterocycles. The summed E-state index contributed by atoms with van der Waals surface area (Å²) in [6.45, 7) is 7.09. The predicted molar refractivity (Wildman–Crippen MR) is 84.2 cm³/mol. The van der Waals surface area contributed by atoms with Crippen LogP contribution in [0, 0.1) is 0 Å². The highest BCUT2D eigenvalue weighted by Crippen LogP contribution is 2.24. The number of esters is 1. The molecule has 1 amide bonds. The third kappa shape index (κ3) is 5.10. The normalized spacial score (nSPS) is 26.9. The van der Waals surface area contributed by atoms with Crippen LogP contribution >= 0.6 is 0 Å². The number of rotatable bonds is 8. The van der Waals surface area contributed by atoms with Gasteiger partial charge in [-0.05, 0) is 32.3 Å². The fourth-order valence-electron chi connectivity index (χ4n) is 2.50. The standard InChI is InChI=1S/C16H28N2O4/c1-5-12(6-2)22-14-9-11(16(20)21-7-3)8-13(17)15(14)18-10(4)19/h9,12-15H,5-8,17H2,1-4H3,(H,18,19)/t13-,14+,15+/m0/s1/i/hD3. The van der Waals surface area contributed by atoms with Crippen LogP contribution in [0.4, 0.5) is 0 Å². The molecule has 1 rings (SSSR count). The molecule has 6 heteroatoms. The van der Waals surface area contributed by atoms with Gasteiger partial charge < -0.3 is 20.5 Å². The third-order valence-electron chi connectivity index (χ3n) is 3.65. The highest BCUT2D eigenvalue weighted by Gasteiger charge is 2.35. The lowest BCUT2D eigenvalue weighted by molar-refractivity contribution is -0.139. The first-order chi connectivity index (χ1) is 11.8. The Bertz CT molecular complexity index is 498. The molecule has 0 radical (unpaired) electrons. The summed E-state index contributed by atoms with van der Waals surface area (Å²) in [5, 5.41) is 0.742. The molecule has 6 nitrogen and oxygen atoms in total. The Kier molecular flexibility index (Phi) is 5.75. The van der Waals surface area contributed by atoms with Gasteiger partial charge in [0.2, 0.25) is 5.91 Å². The molecular weight excluding hydrogens is 284 g/mol. The first kappa shape index (κ1) is 14.2. The van der Waals surface area contributed by atoms with Crippen molar-refractivity contribution in [2.75, 3.05) is 6.61 Å². The van der Waals surface area contributed by atoms with Crippen LogP contribution in [0.2, 0.25) is 4.24 Å². The highest BCUT2D eigenvalue weighted by atomic mass is 16.5. The van der Waals surface area contributed by atoms with E-state index in [9.17, 15) is 9.59 Å². The van der Waals surface area contributed by atoms with E-state index >= 15 is 0 Å². The molecule has 0 fully saturated rings. The molecule has 0 heterocycles. The Hall–Kier alpha value is -1.40. The smallest absolute Gasteiger partial charge is 0.333 e. The number of carbonyl (C=O) groups excluding carboxylic acids is 2. The van der Waals surface area contributed by atoms with Gasteiger partial charge in [-0.3, -0.25) is 4.79 Å². The topological polar surface area (TPSA) is 90.7 Å². The van der Waals surface area contributed by atoms with Crippen LogP contribution < -0.4 is 11.0 Å². The summed E-state index contributed by atoms with van der Waals surface area (Å²) in [7, 11) is 0. The lowest BCUT2D eigenvalue weighted by Crippen LogP contribution is -2.57. The average Bonchev–Trinajstić information content (AvgIpc) is 2.58. The number of hydrogen-bond acceptors (Lipinski definition) is 5. The van der Waals surface area contributed by atoms with Crippen molar-refractivity contribution in [1.82, 2.24) is 5.31 Å². The molecule has 126 valence electrons.